The topological polar surface area (TPSA) is 52.1 Å². The van der Waals surface area contributed by atoms with Crippen LogP contribution < -0.4 is 0 Å². The summed E-state index contributed by atoms with van der Waals surface area (Å²) in [5.41, 5.74) is -5.98. The van der Waals surface area contributed by atoms with Crippen molar-refractivity contribution in [3.05, 3.63) is 58.2 Å². The molecule has 0 fully saturated rings. The number of hydrogen-bond donors (Lipinski definition) is 0. The fourth-order valence-electron chi connectivity index (χ4n) is 2.03. The SMILES string of the molecule is Cc1cnc(C(F)(F)F)c(F)c1C(=O)OCc1ccnc(C(F)(F)F)c1F. The molecule has 0 aliphatic rings. The second-order valence-electron chi connectivity index (χ2n) is 5.18. The van der Waals surface area contributed by atoms with Crippen molar-refractivity contribution < 1.29 is 44.7 Å². The van der Waals surface area contributed by atoms with E-state index in [0.29, 0.717) is 12.4 Å². The van der Waals surface area contributed by atoms with Crippen LogP contribution in [0, 0.1) is 18.6 Å². The van der Waals surface area contributed by atoms with E-state index < -0.39 is 59.1 Å². The van der Waals surface area contributed by atoms with E-state index in [9.17, 15) is 39.9 Å². The van der Waals surface area contributed by atoms with Gasteiger partial charge in [-0.1, -0.05) is 0 Å². The van der Waals surface area contributed by atoms with Crippen LogP contribution in [0.3, 0.4) is 0 Å². The number of esters is 1. The molecule has 27 heavy (non-hydrogen) atoms. The Hall–Kier alpha value is -2.79. The van der Waals surface area contributed by atoms with Crippen molar-refractivity contribution in [3.63, 3.8) is 0 Å². The molecule has 4 nitrogen and oxygen atoms in total. The standard InChI is InChI=1S/C15H8F8N2O2/c1-6-4-25-12(15(21,22)23)10(17)8(6)13(26)27-5-7-2-3-24-11(9(7)16)14(18,19)20/h2-4H,5H2,1H3. The molecule has 0 atom stereocenters. The Morgan fingerprint density at radius 3 is 2.11 bits per heavy atom. The molecule has 0 aliphatic heterocycles. The molecule has 0 spiro atoms. The molecule has 0 bridgehead atoms. The van der Waals surface area contributed by atoms with Crippen LogP contribution in [0.2, 0.25) is 0 Å². The highest BCUT2D eigenvalue weighted by molar-refractivity contribution is 5.91. The predicted molar refractivity (Wildman–Crippen MR) is 72.3 cm³/mol. The van der Waals surface area contributed by atoms with E-state index in [0.717, 1.165) is 13.0 Å². The summed E-state index contributed by atoms with van der Waals surface area (Å²) in [6.45, 7) is -0.0135. The van der Waals surface area contributed by atoms with Gasteiger partial charge in [-0.3, -0.25) is 0 Å². The first-order valence-corrected chi connectivity index (χ1v) is 6.94. The van der Waals surface area contributed by atoms with Gasteiger partial charge in [0.05, 0.1) is 0 Å². The molecule has 12 heteroatoms. The monoisotopic (exact) mass is 400 g/mol. The van der Waals surface area contributed by atoms with E-state index in [-0.39, 0.29) is 5.56 Å². The first-order valence-electron chi connectivity index (χ1n) is 6.94. The fraction of sp³-hybridized carbons (Fsp3) is 0.267. The van der Waals surface area contributed by atoms with Gasteiger partial charge in [0.15, 0.2) is 23.0 Å². The lowest BCUT2D eigenvalue weighted by Gasteiger charge is -2.13. The largest absolute Gasteiger partial charge is 0.457 e. The van der Waals surface area contributed by atoms with Crippen molar-refractivity contribution in [3.8, 4) is 0 Å². The molecule has 0 N–H and O–H groups in total. The van der Waals surface area contributed by atoms with E-state index in [4.69, 9.17) is 0 Å². The minimum atomic E-state index is -5.19. The van der Waals surface area contributed by atoms with E-state index in [1.807, 2.05) is 0 Å². The molecule has 0 saturated heterocycles. The number of halogens is 8. The van der Waals surface area contributed by atoms with Gasteiger partial charge >= 0.3 is 18.3 Å². The van der Waals surface area contributed by atoms with Gasteiger partial charge in [0.25, 0.3) is 0 Å². The summed E-state index contributed by atoms with van der Waals surface area (Å²) in [7, 11) is 0. The van der Waals surface area contributed by atoms with Gasteiger partial charge in [-0.05, 0) is 18.6 Å². The first kappa shape index (κ1) is 20.5. The molecular formula is C15H8F8N2O2. The number of aryl methyl sites for hydroxylation is 1. The summed E-state index contributed by atoms with van der Waals surface area (Å²) in [5, 5.41) is 0. The number of alkyl halides is 6. The van der Waals surface area contributed by atoms with E-state index in [2.05, 4.69) is 14.7 Å². The number of aromatic nitrogens is 2. The normalized spacial score (nSPS) is 12.2. The minimum Gasteiger partial charge on any atom is -0.457 e. The molecule has 0 amide bonds. The van der Waals surface area contributed by atoms with Crippen LogP contribution in [0.1, 0.15) is 32.9 Å². The highest BCUT2D eigenvalue weighted by Gasteiger charge is 2.39. The summed E-state index contributed by atoms with van der Waals surface area (Å²) in [4.78, 5) is 17.6. The van der Waals surface area contributed by atoms with Crippen LogP contribution in [0.5, 0.6) is 0 Å². The molecule has 0 aliphatic carbocycles. The van der Waals surface area contributed by atoms with Crippen molar-refractivity contribution >= 4 is 5.97 Å². The van der Waals surface area contributed by atoms with Crippen molar-refractivity contribution in [2.45, 2.75) is 25.9 Å². The van der Waals surface area contributed by atoms with E-state index in [1.165, 1.54) is 0 Å². The maximum atomic E-state index is 14.0. The van der Waals surface area contributed by atoms with Gasteiger partial charge in [0.1, 0.15) is 12.2 Å². The third-order valence-electron chi connectivity index (χ3n) is 3.28. The fourth-order valence-corrected chi connectivity index (χ4v) is 2.03. The highest BCUT2D eigenvalue weighted by Crippen LogP contribution is 2.33. The number of rotatable bonds is 3. The molecule has 0 radical (unpaired) electrons. The number of carbonyl (C=O) groups excluding carboxylic acids is 1. The van der Waals surface area contributed by atoms with Crippen molar-refractivity contribution in [1.82, 2.24) is 9.97 Å². The van der Waals surface area contributed by atoms with Crippen molar-refractivity contribution in [1.29, 1.82) is 0 Å². The van der Waals surface area contributed by atoms with Gasteiger partial charge in [-0.15, -0.1) is 0 Å². The smallest absolute Gasteiger partial charge is 0.436 e. The molecule has 146 valence electrons. The lowest BCUT2D eigenvalue weighted by Crippen LogP contribution is -2.18. The number of nitrogens with zero attached hydrogens (tertiary/aromatic N) is 2. The molecule has 2 aromatic heterocycles. The van der Waals surface area contributed by atoms with Crippen LogP contribution in [-0.2, 0) is 23.7 Å². The molecule has 0 saturated carbocycles. The third-order valence-corrected chi connectivity index (χ3v) is 3.28. The quantitative estimate of drug-likeness (QED) is 0.564. The lowest BCUT2D eigenvalue weighted by atomic mass is 10.1. The molecule has 2 aromatic rings. The van der Waals surface area contributed by atoms with Gasteiger partial charge < -0.3 is 4.74 Å². The summed E-state index contributed by atoms with van der Waals surface area (Å²) in [6.07, 6.45) is -9.11. The van der Waals surface area contributed by atoms with Crippen LogP contribution >= 0.6 is 0 Å². The lowest BCUT2D eigenvalue weighted by molar-refractivity contribution is -0.144. The van der Waals surface area contributed by atoms with Gasteiger partial charge in [0, 0.05) is 18.0 Å². The number of hydrogen-bond acceptors (Lipinski definition) is 4. The maximum Gasteiger partial charge on any atom is 0.436 e. The second kappa shape index (κ2) is 7.08. The Kier molecular flexibility index (Phi) is 5.38. The summed E-state index contributed by atoms with van der Waals surface area (Å²) < 4.78 is 108. The Morgan fingerprint density at radius 2 is 1.56 bits per heavy atom. The molecule has 0 unspecified atom stereocenters. The molecule has 2 rings (SSSR count). The van der Waals surface area contributed by atoms with Crippen molar-refractivity contribution in [2.24, 2.45) is 0 Å². The van der Waals surface area contributed by atoms with Crippen LogP contribution in [0.15, 0.2) is 18.5 Å². The Balaban J connectivity index is 2.30. The second-order valence-corrected chi connectivity index (χ2v) is 5.18. The average Bonchev–Trinajstić information content (AvgIpc) is 2.51. The van der Waals surface area contributed by atoms with E-state index in [1.54, 1.807) is 0 Å². The van der Waals surface area contributed by atoms with Gasteiger partial charge in [0.2, 0.25) is 0 Å². The molecule has 2 heterocycles. The Labute approximate surface area is 145 Å². The van der Waals surface area contributed by atoms with Crippen molar-refractivity contribution in [2.75, 3.05) is 0 Å². The number of ether oxygens (including phenoxy) is 1. The van der Waals surface area contributed by atoms with Gasteiger partial charge in [-0.25, -0.2) is 23.5 Å². The number of pyridine rings is 2. The first-order chi connectivity index (χ1) is 12.3. The highest BCUT2D eigenvalue weighted by atomic mass is 19.4. The Bertz CT molecular complexity index is 877. The zero-order valence-corrected chi connectivity index (χ0v) is 13.2. The summed E-state index contributed by atoms with van der Waals surface area (Å²) in [5.74, 6) is -5.44. The maximum absolute atomic E-state index is 14.0. The summed E-state index contributed by atoms with van der Waals surface area (Å²) in [6, 6.07) is 0.773. The molecule has 0 aromatic carbocycles. The van der Waals surface area contributed by atoms with Crippen LogP contribution in [0.4, 0.5) is 35.1 Å². The Morgan fingerprint density at radius 1 is 1.00 bits per heavy atom. The molecular weight excluding hydrogens is 392 g/mol. The number of carbonyl (C=O) groups is 1. The van der Waals surface area contributed by atoms with E-state index >= 15 is 0 Å². The predicted octanol–water partition coefficient (Wildman–Crippen LogP) is 4.46. The zero-order chi connectivity index (χ0) is 20.6. The van der Waals surface area contributed by atoms with Gasteiger partial charge in [-0.2, -0.15) is 26.3 Å². The van der Waals surface area contributed by atoms with Crippen LogP contribution in [0.25, 0.3) is 0 Å². The minimum absolute atomic E-state index is 0.309. The summed E-state index contributed by atoms with van der Waals surface area (Å²) >= 11 is 0. The zero-order valence-electron chi connectivity index (χ0n) is 13.2. The average molecular weight is 400 g/mol. The van der Waals surface area contributed by atoms with Crippen LogP contribution in [-0.4, -0.2) is 15.9 Å². The third kappa shape index (κ3) is 4.31.